The molecule has 0 spiro atoms. The maximum atomic E-state index is 10.2. The lowest BCUT2D eigenvalue weighted by atomic mass is 9.99. The summed E-state index contributed by atoms with van der Waals surface area (Å²) < 4.78 is 0. The van der Waals surface area contributed by atoms with Gasteiger partial charge in [-0.3, -0.25) is 4.90 Å². The average Bonchev–Trinajstić information content (AvgIpc) is 2.77. The normalized spacial score (nSPS) is 20.8. The smallest absolute Gasteiger partial charge is 0.0669 e. The standard InChI is InChI=1S/C15H32N2O/c1-5-17(13(2)11-16(3)4)12-15(18)10-14-8-6-7-9-14/h13-15,18H,5-12H2,1-4H3. The van der Waals surface area contributed by atoms with Crippen LogP contribution < -0.4 is 0 Å². The predicted molar refractivity (Wildman–Crippen MR) is 77.8 cm³/mol. The van der Waals surface area contributed by atoms with E-state index >= 15 is 0 Å². The summed E-state index contributed by atoms with van der Waals surface area (Å²) >= 11 is 0. The lowest BCUT2D eigenvalue weighted by molar-refractivity contribution is 0.0699. The van der Waals surface area contributed by atoms with Crippen LogP contribution in [0.4, 0.5) is 0 Å². The molecule has 3 nitrogen and oxygen atoms in total. The van der Waals surface area contributed by atoms with Crippen LogP contribution in [-0.4, -0.2) is 60.8 Å². The molecule has 1 aliphatic carbocycles. The minimum absolute atomic E-state index is 0.141. The van der Waals surface area contributed by atoms with Gasteiger partial charge in [0, 0.05) is 19.1 Å². The Labute approximate surface area is 113 Å². The first kappa shape index (κ1) is 15.9. The number of aliphatic hydroxyl groups is 1. The Morgan fingerprint density at radius 1 is 1.17 bits per heavy atom. The third-order valence-electron chi connectivity index (χ3n) is 4.18. The topological polar surface area (TPSA) is 26.7 Å². The molecule has 0 aromatic heterocycles. The molecule has 0 aliphatic heterocycles. The van der Waals surface area contributed by atoms with E-state index in [-0.39, 0.29) is 6.10 Å². The fraction of sp³-hybridized carbons (Fsp3) is 1.00. The Morgan fingerprint density at radius 3 is 2.28 bits per heavy atom. The van der Waals surface area contributed by atoms with Crippen molar-refractivity contribution < 1.29 is 5.11 Å². The molecule has 0 heterocycles. The van der Waals surface area contributed by atoms with Gasteiger partial charge in [0.2, 0.25) is 0 Å². The van der Waals surface area contributed by atoms with Crippen LogP contribution in [0.25, 0.3) is 0 Å². The molecule has 0 aromatic rings. The Balaban J connectivity index is 2.31. The van der Waals surface area contributed by atoms with Crippen molar-refractivity contribution >= 4 is 0 Å². The Hall–Kier alpha value is -0.120. The zero-order valence-electron chi connectivity index (χ0n) is 12.7. The van der Waals surface area contributed by atoms with E-state index in [4.69, 9.17) is 0 Å². The molecular formula is C15H32N2O. The summed E-state index contributed by atoms with van der Waals surface area (Å²) in [7, 11) is 4.22. The Bertz CT molecular complexity index is 215. The molecule has 0 saturated heterocycles. The van der Waals surface area contributed by atoms with Crippen LogP contribution >= 0.6 is 0 Å². The van der Waals surface area contributed by atoms with Crippen molar-refractivity contribution in [2.45, 2.75) is 58.1 Å². The van der Waals surface area contributed by atoms with Gasteiger partial charge in [-0.2, -0.15) is 0 Å². The number of hydrogen-bond donors (Lipinski definition) is 1. The van der Waals surface area contributed by atoms with Gasteiger partial charge in [-0.15, -0.1) is 0 Å². The van der Waals surface area contributed by atoms with Gasteiger partial charge in [-0.1, -0.05) is 32.6 Å². The molecule has 2 atom stereocenters. The van der Waals surface area contributed by atoms with Gasteiger partial charge in [-0.05, 0) is 39.9 Å². The molecule has 3 heteroatoms. The van der Waals surface area contributed by atoms with Crippen molar-refractivity contribution in [3.05, 3.63) is 0 Å². The first-order valence-electron chi connectivity index (χ1n) is 7.59. The van der Waals surface area contributed by atoms with Gasteiger partial charge in [0.1, 0.15) is 0 Å². The van der Waals surface area contributed by atoms with Crippen molar-refractivity contribution in [2.24, 2.45) is 5.92 Å². The van der Waals surface area contributed by atoms with Crippen molar-refractivity contribution in [3.63, 3.8) is 0 Å². The largest absolute Gasteiger partial charge is 0.392 e. The van der Waals surface area contributed by atoms with Crippen LogP contribution in [0.15, 0.2) is 0 Å². The first-order valence-corrected chi connectivity index (χ1v) is 7.59. The molecule has 18 heavy (non-hydrogen) atoms. The Kier molecular flexibility index (Phi) is 7.20. The minimum Gasteiger partial charge on any atom is -0.392 e. The second kappa shape index (κ2) is 8.13. The second-order valence-corrected chi connectivity index (χ2v) is 6.24. The van der Waals surface area contributed by atoms with Crippen LogP contribution in [0.2, 0.25) is 0 Å². The summed E-state index contributed by atoms with van der Waals surface area (Å²) in [5.41, 5.74) is 0. The number of likely N-dealkylation sites (N-methyl/N-ethyl adjacent to an activating group) is 2. The van der Waals surface area contributed by atoms with E-state index in [1.807, 2.05) is 0 Å². The molecule has 1 N–H and O–H groups in total. The van der Waals surface area contributed by atoms with Gasteiger partial charge in [0.25, 0.3) is 0 Å². The summed E-state index contributed by atoms with van der Waals surface area (Å²) in [6.07, 6.45) is 6.26. The molecule has 1 fully saturated rings. The monoisotopic (exact) mass is 256 g/mol. The van der Waals surface area contributed by atoms with Crippen molar-refractivity contribution in [3.8, 4) is 0 Å². The van der Waals surface area contributed by atoms with Crippen molar-refractivity contribution in [1.82, 2.24) is 9.80 Å². The molecule has 1 saturated carbocycles. The highest BCUT2D eigenvalue weighted by Gasteiger charge is 2.22. The summed E-state index contributed by atoms with van der Waals surface area (Å²) in [6, 6.07) is 0.517. The number of rotatable bonds is 8. The van der Waals surface area contributed by atoms with Gasteiger partial charge in [0.15, 0.2) is 0 Å². The maximum Gasteiger partial charge on any atom is 0.0669 e. The summed E-state index contributed by atoms with van der Waals surface area (Å²) in [6.45, 7) is 7.36. The molecule has 108 valence electrons. The molecule has 2 unspecified atom stereocenters. The lowest BCUT2D eigenvalue weighted by Gasteiger charge is -2.32. The number of nitrogens with zero attached hydrogens (tertiary/aromatic N) is 2. The average molecular weight is 256 g/mol. The minimum atomic E-state index is -0.141. The van der Waals surface area contributed by atoms with E-state index in [9.17, 15) is 5.11 Å². The first-order chi connectivity index (χ1) is 8.52. The summed E-state index contributed by atoms with van der Waals surface area (Å²) in [5, 5.41) is 10.2. The van der Waals surface area contributed by atoms with E-state index in [1.165, 1.54) is 25.7 Å². The fourth-order valence-electron chi connectivity index (χ4n) is 3.24. The quantitative estimate of drug-likeness (QED) is 0.721. The fourth-order valence-corrected chi connectivity index (χ4v) is 3.24. The molecule has 0 radical (unpaired) electrons. The highest BCUT2D eigenvalue weighted by molar-refractivity contribution is 4.76. The Morgan fingerprint density at radius 2 is 1.78 bits per heavy atom. The van der Waals surface area contributed by atoms with Crippen LogP contribution in [0.1, 0.15) is 46.0 Å². The molecule has 1 aliphatic rings. The van der Waals surface area contributed by atoms with E-state index in [0.717, 1.165) is 32.0 Å². The van der Waals surface area contributed by atoms with Crippen molar-refractivity contribution in [2.75, 3.05) is 33.7 Å². The highest BCUT2D eigenvalue weighted by atomic mass is 16.3. The highest BCUT2D eigenvalue weighted by Crippen LogP contribution is 2.28. The molecule has 0 aromatic carbocycles. The second-order valence-electron chi connectivity index (χ2n) is 6.24. The van der Waals surface area contributed by atoms with Crippen LogP contribution in [0, 0.1) is 5.92 Å². The SMILES string of the molecule is CCN(CC(O)CC1CCCC1)C(C)CN(C)C. The third-order valence-corrected chi connectivity index (χ3v) is 4.18. The molecule has 0 bridgehead atoms. The van der Waals surface area contributed by atoms with Gasteiger partial charge in [0.05, 0.1) is 6.10 Å². The van der Waals surface area contributed by atoms with Gasteiger partial charge >= 0.3 is 0 Å². The number of hydrogen-bond acceptors (Lipinski definition) is 3. The van der Waals surface area contributed by atoms with E-state index in [2.05, 4.69) is 37.7 Å². The van der Waals surface area contributed by atoms with Gasteiger partial charge < -0.3 is 10.0 Å². The van der Waals surface area contributed by atoms with E-state index in [1.54, 1.807) is 0 Å². The van der Waals surface area contributed by atoms with E-state index < -0.39 is 0 Å². The molecular weight excluding hydrogens is 224 g/mol. The predicted octanol–water partition coefficient (Wildman–Crippen LogP) is 2.20. The van der Waals surface area contributed by atoms with Crippen LogP contribution in [0.5, 0.6) is 0 Å². The maximum absolute atomic E-state index is 10.2. The zero-order valence-corrected chi connectivity index (χ0v) is 12.7. The third kappa shape index (κ3) is 5.68. The molecule has 0 amide bonds. The number of aliphatic hydroxyl groups excluding tert-OH is 1. The van der Waals surface area contributed by atoms with Gasteiger partial charge in [-0.25, -0.2) is 0 Å². The van der Waals surface area contributed by atoms with Crippen molar-refractivity contribution in [1.29, 1.82) is 0 Å². The molecule has 1 rings (SSSR count). The van der Waals surface area contributed by atoms with E-state index in [0.29, 0.717) is 6.04 Å². The summed E-state index contributed by atoms with van der Waals surface area (Å²) in [5.74, 6) is 0.780. The lowest BCUT2D eigenvalue weighted by Crippen LogP contribution is -2.44. The zero-order chi connectivity index (χ0) is 13.5. The van der Waals surface area contributed by atoms with Crippen LogP contribution in [-0.2, 0) is 0 Å². The summed E-state index contributed by atoms with van der Waals surface area (Å²) in [4.78, 5) is 4.62. The van der Waals surface area contributed by atoms with Crippen LogP contribution in [0.3, 0.4) is 0 Å².